The quantitative estimate of drug-likeness (QED) is 0.395. The molecule has 3 aromatic carbocycles. The fourth-order valence-electron chi connectivity index (χ4n) is 3.44. The zero-order valence-corrected chi connectivity index (χ0v) is 16.0. The van der Waals surface area contributed by atoms with E-state index >= 15 is 4.39 Å². The normalized spacial score (nSPS) is 11.1. The number of benzene rings is 3. The van der Waals surface area contributed by atoms with Gasteiger partial charge in [-0.25, -0.2) is 18.0 Å². The molecule has 1 heterocycles. The highest BCUT2D eigenvalue weighted by Crippen LogP contribution is 2.36. The maximum absolute atomic E-state index is 15.1. The number of nitrogens with two attached hydrogens (primary N) is 3. The lowest BCUT2D eigenvalue weighted by atomic mass is 10.00. The van der Waals surface area contributed by atoms with Crippen LogP contribution < -0.4 is 22.1 Å². The van der Waals surface area contributed by atoms with Crippen LogP contribution in [0.4, 0.5) is 35.2 Å². The first kappa shape index (κ1) is 20.2. The third-order valence-corrected chi connectivity index (χ3v) is 4.91. The van der Waals surface area contributed by atoms with Gasteiger partial charge >= 0.3 is 6.03 Å². The number of urea groups is 1. The standard InChI is InChI=1S/C21H17F3N6O/c22-13-4-1-10(9-25)7-17(13)30(21(27)31)16-6-2-11(8-15(16)24)12-3-5-14(23)19-18(12)20(26)29-28-19/h1-8H,9,25H2,(H2,27,31)(H3,26,28,29). The second-order valence-corrected chi connectivity index (χ2v) is 6.78. The van der Waals surface area contributed by atoms with Crippen LogP contribution in [0.1, 0.15) is 5.56 Å². The SMILES string of the molecule is NCc1ccc(F)c(N(C(N)=O)c2ccc(-c3ccc(F)c4[nH]nc(N)c34)cc2F)c1. The topological polar surface area (TPSA) is 127 Å². The molecule has 7 nitrogen and oxygen atoms in total. The first-order chi connectivity index (χ1) is 14.8. The van der Waals surface area contributed by atoms with Gasteiger partial charge in [0.2, 0.25) is 0 Å². The van der Waals surface area contributed by atoms with E-state index in [-0.39, 0.29) is 29.3 Å². The summed E-state index contributed by atoms with van der Waals surface area (Å²) in [5, 5.41) is 6.59. The van der Waals surface area contributed by atoms with E-state index in [1.54, 1.807) is 0 Å². The zero-order chi connectivity index (χ0) is 22.3. The Hall–Kier alpha value is -4.05. The molecule has 4 aromatic rings. The average Bonchev–Trinajstić information content (AvgIpc) is 3.13. The van der Waals surface area contributed by atoms with Crippen molar-refractivity contribution in [2.45, 2.75) is 6.54 Å². The number of carbonyl (C=O) groups is 1. The highest BCUT2D eigenvalue weighted by Gasteiger charge is 2.23. The average molecular weight is 426 g/mol. The van der Waals surface area contributed by atoms with Crippen LogP contribution in [0.25, 0.3) is 22.0 Å². The number of hydrogen-bond donors (Lipinski definition) is 4. The molecule has 0 fully saturated rings. The minimum absolute atomic E-state index is 0.0495. The number of halogens is 3. The van der Waals surface area contributed by atoms with Gasteiger partial charge < -0.3 is 17.2 Å². The summed E-state index contributed by atoms with van der Waals surface area (Å²) in [6, 6.07) is 9.33. The molecule has 1 aromatic heterocycles. The third kappa shape index (κ3) is 3.42. The Morgan fingerprint density at radius 3 is 2.39 bits per heavy atom. The molecule has 0 saturated carbocycles. The van der Waals surface area contributed by atoms with Crippen molar-refractivity contribution in [3.8, 4) is 11.1 Å². The summed E-state index contributed by atoms with van der Waals surface area (Å²) >= 11 is 0. The van der Waals surface area contributed by atoms with Gasteiger partial charge in [0, 0.05) is 6.54 Å². The van der Waals surface area contributed by atoms with Gasteiger partial charge in [-0.2, -0.15) is 5.10 Å². The lowest BCUT2D eigenvalue weighted by Crippen LogP contribution is -2.33. The van der Waals surface area contributed by atoms with Gasteiger partial charge in [-0.1, -0.05) is 18.2 Å². The van der Waals surface area contributed by atoms with Crippen LogP contribution in [-0.2, 0) is 6.54 Å². The lowest BCUT2D eigenvalue weighted by Gasteiger charge is -2.23. The predicted octanol–water partition coefficient (Wildman–Crippen LogP) is 3.90. The van der Waals surface area contributed by atoms with E-state index in [4.69, 9.17) is 17.2 Å². The summed E-state index contributed by atoms with van der Waals surface area (Å²) in [7, 11) is 0. The van der Waals surface area contributed by atoms with Gasteiger partial charge in [-0.05, 0) is 47.0 Å². The largest absolute Gasteiger partial charge is 0.382 e. The van der Waals surface area contributed by atoms with Crippen molar-refractivity contribution in [1.29, 1.82) is 0 Å². The second-order valence-electron chi connectivity index (χ2n) is 6.78. The van der Waals surface area contributed by atoms with Gasteiger partial charge in [-0.15, -0.1) is 0 Å². The Labute approximate surface area is 174 Å². The van der Waals surface area contributed by atoms with E-state index in [1.807, 2.05) is 0 Å². The van der Waals surface area contributed by atoms with E-state index in [1.165, 1.54) is 36.4 Å². The van der Waals surface area contributed by atoms with Crippen LogP contribution in [0.2, 0.25) is 0 Å². The van der Waals surface area contributed by atoms with Crippen LogP contribution >= 0.6 is 0 Å². The molecule has 0 spiro atoms. The molecule has 0 saturated heterocycles. The monoisotopic (exact) mass is 426 g/mol. The first-order valence-electron chi connectivity index (χ1n) is 9.12. The number of aromatic nitrogens is 2. The van der Waals surface area contributed by atoms with Crippen molar-refractivity contribution in [2.24, 2.45) is 11.5 Å². The molecule has 0 aliphatic rings. The number of hydrogen-bond acceptors (Lipinski definition) is 4. The van der Waals surface area contributed by atoms with Crippen molar-refractivity contribution in [2.75, 3.05) is 10.6 Å². The van der Waals surface area contributed by atoms with Crippen molar-refractivity contribution in [3.63, 3.8) is 0 Å². The molecular weight excluding hydrogens is 409 g/mol. The second kappa shape index (κ2) is 7.65. The number of nitrogens with one attached hydrogen (secondary N) is 1. The van der Waals surface area contributed by atoms with E-state index in [9.17, 15) is 13.6 Å². The number of anilines is 3. The summed E-state index contributed by atoms with van der Waals surface area (Å²) in [4.78, 5) is 12.8. The molecule has 31 heavy (non-hydrogen) atoms. The smallest absolute Gasteiger partial charge is 0.324 e. The highest BCUT2D eigenvalue weighted by molar-refractivity contribution is 6.03. The Kier molecular flexibility index (Phi) is 4.99. The number of carbonyl (C=O) groups excluding carboxylic acids is 1. The van der Waals surface area contributed by atoms with Crippen LogP contribution in [0.5, 0.6) is 0 Å². The molecule has 2 amide bonds. The summed E-state index contributed by atoms with van der Waals surface area (Å²) in [5.41, 5.74) is 17.7. The maximum atomic E-state index is 15.1. The van der Waals surface area contributed by atoms with Gasteiger partial charge in [-0.3, -0.25) is 10.00 Å². The van der Waals surface area contributed by atoms with Crippen LogP contribution in [-0.4, -0.2) is 16.2 Å². The molecule has 0 aliphatic carbocycles. The number of aromatic amines is 1. The molecule has 4 rings (SSSR count). The number of primary amides is 1. The molecule has 0 radical (unpaired) electrons. The lowest BCUT2D eigenvalue weighted by molar-refractivity contribution is 0.255. The van der Waals surface area contributed by atoms with E-state index < -0.39 is 23.5 Å². The first-order valence-corrected chi connectivity index (χ1v) is 9.12. The minimum atomic E-state index is -1.08. The third-order valence-electron chi connectivity index (χ3n) is 4.91. The summed E-state index contributed by atoms with van der Waals surface area (Å²) in [6.45, 7) is 0.0913. The predicted molar refractivity (Wildman–Crippen MR) is 112 cm³/mol. The fourth-order valence-corrected chi connectivity index (χ4v) is 3.44. The van der Waals surface area contributed by atoms with E-state index in [0.717, 1.165) is 17.0 Å². The molecule has 0 unspecified atom stereocenters. The Bertz CT molecular complexity index is 1320. The molecule has 158 valence electrons. The van der Waals surface area contributed by atoms with Gasteiger partial charge in [0.25, 0.3) is 0 Å². The van der Waals surface area contributed by atoms with Crippen molar-refractivity contribution >= 4 is 34.1 Å². The summed E-state index contributed by atoms with van der Waals surface area (Å²) in [6.07, 6.45) is 0. The summed E-state index contributed by atoms with van der Waals surface area (Å²) in [5.74, 6) is -2.14. The minimum Gasteiger partial charge on any atom is -0.382 e. The van der Waals surface area contributed by atoms with Gasteiger partial charge in [0.05, 0.1) is 16.8 Å². The van der Waals surface area contributed by atoms with E-state index in [2.05, 4.69) is 10.2 Å². The van der Waals surface area contributed by atoms with Crippen molar-refractivity contribution in [3.05, 3.63) is 71.5 Å². The van der Waals surface area contributed by atoms with Crippen molar-refractivity contribution < 1.29 is 18.0 Å². The van der Waals surface area contributed by atoms with Crippen molar-refractivity contribution in [1.82, 2.24) is 10.2 Å². The number of nitrogens with zero attached hydrogens (tertiary/aromatic N) is 2. The molecule has 0 atom stereocenters. The number of nitrogen functional groups attached to an aromatic ring is 1. The number of fused-ring (bicyclic) bond motifs is 1. The molecule has 10 heteroatoms. The molecule has 7 N–H and O–H groups in total. The molecular formula is C21H17F3N6O. The van der Waals surface area contributed by atoms with E-state index in [0.29, 0.717) is 22.1 Å². The summed E-state index contributed by atoms with van der Waals surface area (Å²) < 4.78 is 43.6. The maximum Gasteiger partial charge on any atom is 0.324 e. The van der Waals surface area contributed by atoms with Crippen LogP contribution in [0.3, 0.4) is 0 Å². The fraction of sp³-hybridized carbons (Fsp3) is 0.0476. The Morgan fingerprint density at radius 2 is 1.71 bits per heavy atom. The van der Waals surface area contributed by atoms with Crippen LogP contribution in [0.15, 0.2) is 48.5 Å². The Balaban J connectivity index is 1.85. The molecule has 0 aliphatic heterocycles. The highest BCUT2D eigenvalue weighted by atomic mass is 19.1. The molecule has 0 bridgehead atoms. The number of H-pyrrole nitrogens is 1. The zero-order valence-electron chi connectivity index (χ0n) is 16.0. The van der Waals surface area contributed by atoms with Crippen LogP contribution in [0, 0.1) is 17.5 Å². The Morgan fingerprint density at radius 1 is 0.968 bits per heavy atom. The van der Waals surface area contributed by atoms with Gasteiger partial charge in [0.15, 0.2) is 5.82 Å². The van der Waals surface area contributed by atoms with Gasteiger partial charge in [0.1, 0.15) is 23.0 Å². The number of amides is 2. The number of rotatable bonds is 4.